The molecule has 3 rings (SSSR count). The van der Waals surface area contributed by atoms with Crippen molar-refractivity contribution in [1.82, 2.24) is 15.4 Å². The molecule has 2 aromatic heterocycles. The van der Waals surface area contributed by atoms with Crippen LogP contribution in [0, 0.1) is 17.6 Å². The lowest BCUT2D eigenvalue weighted by Crippen LogP contribution is -2.83. The minimum Gasteiger partial charge on any atom is -0.388 e. The fourth-order valence-electron chi connectivity index (χ4n) is 2.75. The van der Waals surface area contributed by atoms with E-state index in [1.54, 1.807) is 36.7 Å². The summed E-state index contributed by atoms with van der Waals surface area (Å²) in [5.41, 5.74) is 3.21. The van der Waals surface area contributed by atoms with Crippen molar-refractivity contribution in [1.29, 1.82) is 0 Å². The summed E-state index contributed by atoms with van der Waals surface area (Å²) in [6.45, 7) is 4.04. The monoisotopic (exact) mass is 399 g/mol. The first-order valence-electron chi connectivity index (χ1n) is 9.08. The van der Waals surface area contributed by atoms with E-state index in [4.69, 9.17) is 4.84 Å². The zero-order valence-corrected chi connectivity index (χ0v) is 16.0. The molecular weight excluding hydrogens is 378 g/mol. The number of carbonyl (C=O) groups excluding carboxylic acids is 1. The Morgan fingerprint density at radius 1 is 1.03 bits per heavy atom. The van der Waals surface area contributed by atoms with Crippen LogP contribution in [0.25, 0.3) is 0 Å². The lowest BCUT2D eigenvalue weighted by atomic mass is 9.98. The number of quaternary nitrogens is 1. The highest BCUT2D eigenvalue weighted by Gasteiger charge is 2.23. The Kier molecular flexibility index (Phi) is 6.58. The Hall–Kier alpha value is -3.23. The molecule has 0 aliphatic rings. The normalized spacial score (nSPS) is 12.0. The van der Waals surface area contributed by atoms with Crippen LogP contribution in [0.2, 0.25) is 0 Å². The molecule has 8 heteroatoms. The van der Waals surface area contributed by atoms with Crippen molar-refractivity contribution < 1.29 is 23.7 Å². The number of rotatable bonds is 7. The highest BCUT2D eigenvalue weighted by molar-refractivity contribution is 5.88. The van der Waals surface area contributed by atoms with Crippen LogP contribution < -0.4 is 15.6 Å². The van der Waals surface area contributed by atoms with E-state index in [1.165, 1.54) is 6.07 Å². The summed E-state index contributed by atoms with van der Waals surface area (Å²) in [5.74, 6) is -1.68. The fourth-order valence-corrected chi connectivity index (χ4v) is 2.75. The Morgan fingerprint density at radius 2 is 1.79 bits per heavy atom. The van der Waals surface area contributed by atoms with Gasteiger partial charge in [0.05, 0.1) is 6.04 Å². The van der Waals surface area contributed by atoms with Gasteiger partial charge in [0, 0.05) is 24.5 Å². The van der Waals surface area contributed by atoms with Gasteiger partial charge >= 0.3 is 5.91 Å². The summed E-state index contributed by atoms with van der Waals surface area (Å²) in [7, 11) is 0. The predicted octanol–water partition coefficient (Wildman–Crippen LogP) is 3.07. The molecule has 0 bridgehead atoms. The number of halogens is 2. The van der Waals surface area contributed by atoms with Crippen LogP contribution >= 0.6 is 0 Å². The number of nitrogens with two attached hydrogens (primary N) is 1. The molecule has 3 N–H and O–H groups in total. The van der Waals surface area contributed by atoms with Gasteiger partial charge in [0.1, 0.15) is 11.6 Å². The Labute approximate surface area is 166 Å². The van der Waals surface area contributed by atoms with Gasteiger partial charge in [-0.2, -0.15) is 0 Å². The Morgan fingerprint density at radius 3 is 2.38 bits per heavy atom. The van der Waals surface area contributed by atoms with Gasteiger partial charge in [-0.1, -0.05) is 26.0 Å². The molecule has 1 unspecified atom stereocenters. The highest BCUT2D eigenvalue weighted by atomic mass is 19.1. The summed E-state index contributed by atoms with van der Waals surface area (Å²) >= 11 is 0. The molecule has 6 nitrogen and oxygen atoms in total. The van der Waals surface area contributed by atoms with Crippen molar-refractivity contribution in [2.45, 2.75) is 19.9 Å². The van der Waals surface area contributed by atoms with Crippen LogP contribution in [0.1, 0.15) is 35.8 Å². The van der Waals surface area contributed by atoms with Crippen molar-refractivity contribution >= 4 is 11.7 Å². The summed E-state index contributed by atoms with van der Waals surface area (Å²) in [4.78, 5) is 26.1. The third kappa shape index (κ3) is 5.18. The van der Waals surface area contributed by atoms with Gasteiger partial charge in [0.2, 0.25) is 11.7 Å². The number of hydroxylamine groups is 1. The molecular formula is C21H21F2N4O2+. The van der Waals surface area contributed by atoms with Crippen LogP contribution in [0.3, 0.4) is 0 Å². The van der Waals surface area contributed by atoms with Gasteiger partial charge in [-0.15, -0.1) is 5.48 Å². The maximum Gasteiger partial charge on any atom is 0.354 e. The topological polar surface area (TPSA) is 80.7 Å². The van der Waals surface area contributed by atoms with E-state index in [2.05, 4.69) is 15.4 Å². The Balaban J connectivity index is 1.69. The number of aromatic nitrogens is 2. The van der Waals surface area contributed by atoms with Gasteiger partial charge in [-0.25, -0.2) is 28.9 Å². The zero-order valence-electron chi connectivity index (χ0n) is 16.0. The number of amides is 1. The smallest absolute Gasteiger partial charge is 0.354 e. The van der Waals surface area contributed by atoms with Gasteiger partial charge in [-0.05, 0) is 35.7 Å². The first-order chi connectivity index (χ1) is 14.0. The van der Waals surface area contributed by atoms with Crippen LogP contribution in [-0.4, -0.2) is 15.9 Å². The molecule has 0 spiro atoms. The molecule has 1 amide bonds. The summed E-state index contributed by atoms with van der Waals surface area (Å²) < 4.78 is 27.5. The van der Waals surface area contributed by atoms with Gasteiger partial charge in [0.15, 0.2) is 5.56 Å². The van der Waals surface area contributed by atoms with Crippen LogP contribution in [0.4, 0.5) is 14.6 Å². The van der Waals surface area contributed by atoms with Crippen molar-refractivity contribution in [3.05, 3.63) is 83.7 Å². The molecule has 150 valence electrons. The minimum absolute atomic E-state index is 0.171. The fraction of sp³-hybridized carbons (Fsp3) is 0.190. The Bertz CT molecular complexity index is 946. The molecule has 0 aliphatic heterocycles. The first-order valence-corrected chi connectivity index (χ1v) is 9.08. The van der Waals surface area contributed by atoms with E-state index in [-0.39, 0.29) is 12.0 Å². The third-order valence-electron chi connectivity index (χ3n) is 4.25. The van der Waals surface area contributed by atoms with Crippen LogP contribution in [0.5, 0.6) is 5.88 Å². The second-order valence-electron chi connectivity index (χ2n) is 6.73. The molecule has 3 aromatic rings. The van der Waals surface area contributed by atoms with E-state index in [0.717, 1.165) is 23.0 Å². The third-order valence-corrected chi connectivity index (χ3v) is 4.25. The van der Waals surface area contributed by atoms with Gasteiger partial charge < -0.3 is 4.84 Å². The second kappa shape index (κ2) is 9.31. The van der Waals surface area contributed by atoms with E-state index >= 15 is 0 Å². The second-order valence-corrected chi connectivity index (χ2v) is 6.73. The lowest BCUT2D eigenvalue weighted by Gasteiger charge is -2.21. The maximum atomic E-state index is 13.8. The largest absolute Gasteiger partial charge is 0.388 e. The number of benzene rings is 1. The lowest BCUT2D eigenvalue weighted by molar-refractivity contribution is -0.468. The number of nitrogens with one attached hydrogen (secondary N) is 1. The maximum absolute atomic E-state index is 13.8. The number of pyridine rings is 2. The molecule has 0 saturated heterocycles. The number of primary amides is 1. The highest BCUT2D eigenvalue weighted by Crippen LogP contribution is 2.22. The summed E-state index contributed by atoms with van der Waals surface area (Å²) in [5, 5.41) is 1.10. The molecule has 2 heterocycles. The van der Waals surface area contributed by atoms with E-state index in [0.29, 0.717) is 11.7 Å². The molecule has 0 saturated carbocycles. The quantitative estimate of drug-likeness (QED) is 0.597. The summed E-state index contributed by atoms with van der Waals surface area (Å²) in [6.07, 6.45) is 3.22. The first kappa shape index (κ1) is 20.5. The average Bonchev–Trinajstić information content (AvgIpc) is 2.70. The molecule has 0 radical (unpaired) electrons. The van der Waals surface area contributed by atoms with Crippen molar-refractivity contribution in [3.8, 4) is 5.88 Å². The average molecular weight is 399 g/mol. The molecule has 1 atom stereocenters. The molecule has 29 heavy (non-hydrogen) atoms. The number of hydrogen-bond acceptors (Lipinski definition) is 5. The van der Waals surface area contributed by atoms with Crippen molar-refractivity contribution in [2.24, 2.45) is 5.92 Å². The molecule has 0 aliphatic carbocycles. The zero-order chi connectivity index (χ0) is 20.8. The SMILES string of the molecule is CC(C)C(NOc1ccccn1)c1ccc([NH2+]C(=O)c2c(F)cccc2F)nc1. The van der Waals surface area contributed by atoms with Gasteiger partial charge in [0.25, 0.3) is 0 Å². The van der Waals surface area contributed by atoms with Gasteiger partial charge in [-0.3, -0.25) is 0 Å². The van der Waals surface area contributed by atoms with Crippen LogP contribution in [0.15, 0.2) is 60.9 Å². The van der Waals surface area contributed by atoms with Crippen LogP contribution in [-0.2, 0) is 0 Å². The molecule has 1 aromatic carbocycles. The number of hydrogen-bond donors (Lipinski definition) is 2. The van der Waals surface area contributed by atoms with E-state index in [1.807, 2.05) is 19.9 Å². The number of nitrogens with zero attached hydrogens (tertiary/aromatic N) is 2. The predicted molar refractivity (Wildman–Crippen MR) is 102 cm³/mol. The summed E-state index contributed by atoms with van der Waals surface area (Å²) in [6, 6.07) is 11.8. The van der Waals surface area contributed by atoms with Crippen molar-refractivity contribution in [2.75, 3.05) is 0 Å². The number of carbonyl (C=O) groups is 1. The standard InChI is InChI=1S/C21H20F2N4O2/c1-13(2)20(27-29-18-8-3-4-11-24-18)14-9-10-17(25-12-14)26-21(28)19-15(22)6-5-7-16(19)23/h3-13,20,27H,1-2H3,(H,25,26,28)/p+1. The van der Waals surface area contributed by atoms with Crippen molar-refractivity contribution in [3.63, 3.8) is 0 Å². The van der Waals surface area contributed by atoms with E-state index in [9.17, 15) is 13.6 Å². The molecule has 0 fully saturated rings. The minimum atomic E-state index is -0.904. The van der Waals surface area contributed by atoms with E-state index < -0.39 is 23.1 Å².